The number of rotatable bonds is 4. The zero-order chi connectivity index (χ0) is 13.8. The molecule has 1 aliphatic heterocycles. The SMILES string of the molecule is COC[C@@H]1CN(c2nccc(C)c2C(=O)O)CCO1. The van der Waals surface area contributed by atoms with Crippen LogP contribution in [0.4, 0.5) is 5.82 Å². The summed E-state index contributed by atoms with van der Waals surface area (Å²) in [4.78, 5) is 17.5. The minimum Gasteiger partial charge on any atom is -0.478 e. The van der Waals surface area contributed by atoms with E-state index in [2.05, 4.69) is 4.98 Å². The van der Waals surface area contributed by atoms with Gasteiger partial charge in [0.25, 0.3) is 0 Å². The van der Waals surface area contributed by atoms with Gasteiger partial charge in [0.15, 0.2) is 0 Å². The highest BCUT2D eigenvalue weighted by atomic mass is 16.5. The van der Waals surface area contributed by atoms with Crippen LogP contribution in [0.5, 0.6) is 0 Å². The Bertz CT molecular complexity index is 462. The number of aromatic nitrogens is 1. The third-order valence-corrected chi connectivity index (χ3v) is 3.14. The molecule has 0 aromatic carbocycles. The van der Waals surface area contributed by atoms with Crippen molar-refractivity contribution in [2.45, 2.75) is 13.0 Å². The van der Waals surface area contributed by atoms with Crippen molar-refractivity contribution in [2.24, 2.45) is 0 Å². The molecule has 6 heteroatoms. The Kier molecular flexibility index (Phi) is 4.34. The molecule has 1 aromatic heterocycles. The van der Waals surface area contributed by atoms with E-state index in [9.17, 15) is 9.90 Å². The van der Waals surface area contributed by atoms with Crippen LogP contribution >= 0.6 is 0 Å². The van der Waals surface area contributed by atoms with Crippen LogP contribution in [0.1, 0.15) is 15.9 Å². The number of hydrogen-bond acceptors (Lipinski definition) is 5. The number of hydrogen-bond donors (Lipinski definition) is 1. The van der Waals surface area contributed by atoms with E-state index in [0.717, 1.165) is 0 Å². The van der Waals surface area contributed by atoms with Crippen LogP contribution in [0, 0.1) is 6.92 Å². The van der Waals surface area contributed by atoms with Crippen LogP contribution in [0.3, 0.4) is 0 Å². The highest BCUT2D eigenvalue weighted by Gasteiger charge is 2.25. The molecular formula is C13H18N2O4. The number of aromatic carboxylic acids is 1. The number of anilines is 1. The summed E-state index contributed by atoms with van der Waals surface area (Å²) in [5, 5.41) is 9.32. The van der Waals surface area contributed by atoms with Gasteiger partial charge in [0, 0.05) is 26.4 Å². The number of ether oxygens (including phenoxy) is 2. The second-order valence-corrected chi connectivity index (χ2v) is 4.53. The molecule has 1 aliphatic rings. The molecule has 1 aromatic rings. The van der Waals surface area contributed by atoms with Gasteiger partial charge in [0.05, 0.1) is 19.3 Å². The molecule has 2 rings (SSSR count). The molecule has 0 saturated carbocycles. The number of morpholine rings is 1. The molecule has 1 fully saturated rings. The van der Waals surface area contributed by atoms with Crippen molar-refractivity contribution >= 4 is 11.8 Å². The van der Waals surface area contributed by atoms with Crippen molar-refractivity contribution in [1.29, 1.82) is 0 Å². The van der Waals surface area contributed by atoms with Crippen molar-refractivity contribution in [3.63, 3.8) is 0 Å². The minimum absolute atomic E-state index is 0.0530. The first-order chi connectivity index (χ1) is 9.13. The number of carboxylic acids is 1. The van der Waals surface area contributed by atoms with E-state index in [1.165, 1.54) is 0 Å². The molecule has 0 amide bonds. The molecule has 0 radical (unpaired) electrons. The normalized spacial score (nSPS) is 19.5. The Morgan fingerprint density at radius 1 is 1.68 bits per heavy atom. The molecule has 0 aliphatic carbocycles. The highest BCUT2D eigenvalue weighted by molar-refractivity contribution is 5.95. The smallest absolute Gasteiger partial charge is 0.339 e. The van der Waals surface area contributed by atoms with Gasteiger partial charge in [0.1, 0.15) is 11.4 Å². The van der Waals surface area contributed by atoms with E-state index in [0.29, 0.717) is 37.7 Å². The molecule has 0 spiro atoms. The quantitative estimate of drug-likeness (QED) is 0.874. The van der Waals surface area contributed by atoms with Gasteiger partial charge in [-0.05, 0) is 18.6 Å². The molecule has 1 N–H and O–H groups in total. The Hall–Kier alpha value is -1.66. The van der Waals surface area contributed by atoms with Crippen molar-refractivity contribution < 1.29 is 19.4 Å². The van der Waals surface area contributed by atoms with Crippen molar-refractivity contribution in [3.8, 4) is 0 Å². The second kappa shape index (κ2) is 5.99. The Morgan fingerprint density at radius 3 is 3.16 bits per heavy atom. The van der Waals surface area contributed by atoms with E-state index in [-0.39, 0.29) is 11.7 Å². The largest absolute Gasteiger partial charge is 0.478 e. The van der Waals surface area contributed by atoms with E-state index in [4.69, 9.17) is 9.47 Å². The maximum Gasteiger partial charge on any atom is 0.339 e. The fourth-order valence-corrected chi connectivity index (χ4v) is 2.25. The summed E-state index contributed by atoms with van der Waals surface area (Å²) in [6, 6.07) is 1.71. The summed E-state index contributed by atoms with van der Waals surface area (Å²) in [5.74, 6) is -0.438. The predicted octanol–water partition coefficient (Wildman–Crippen LogP) is 0.940. The highest BCUT2D eigenvalue weighted by Crippen LogP contribution is 2.23. The average Bonchev–Trinajstić information content (AvgIpc) is 2.38. The van der Waals surface area contributed by atoms with Gasteiger partial charge in [0.2, 0.25) is 0 Å². The minimum atomic E-state index is -0.949. The fraction of sp³-hybridized carbons (Fsp3) is 0.538. The maximum atomic E-state index is 11.4. The van der Waals surface area contributed by atoms with E-state index >= 15 is 0 Å². The summed E-state index contributed by atoms with van der Waals surface area (Å²) in [6.07, 6.45) is 1.58. The zero-order valence-corrected chi connectivity index (χ0v) is 11.1. The summed E-state index contributed by atoms with van der Waals surface area (Å²) >= 11 is 0. The Balaban J connectivity index is 2.26. The lowest BCUT2D eigenvalue weighted by Crippen LogP contribution is -2.45. The molecule has 1 atom stereocenters. The van der Waals surface area contributed by atoms with Crippen molar-refractivity contribution in [1.82, 2.24) is 4.98 Å². The summed E-state index contributed by atoms with van der Waals surface area (Å²) in [6.45, 7) is 4.04. The molecule has 0 unspecified atom stereocenters. The number of methoxy groups -OCH3 is 1. The van der Waals surface area contributed by atoms with Crippen LogP contribution in [-0.4, -0.2) is 55.6 Å². The molecule has 104 valence electrons. The first-order valence-electron chi connectivity index (χ1n) is 6.18. The van der Waals surface area contributed by atoms with E-state index in [1.54, 1.807) is 26.3 Å². The van der Waals surface area contributed by atoms with Crippen LogP contribution in [0.2, 0.25) is 0 Å². The van der Waals surface area contributed by atoms with Crippen LogP contribution < -0.4 is 4.90 Å². The Morgan fingerprint density at radius 2 is 2.47 bits per heavy atom. The van der Waals surface area contributed by atoms with E-state index in [1.807, 2.05) is 4.90 Å². The molecular weight excluding hydrogens is 248 g/mol. The average molecular weight is 266 g/mol. The summed E-state index contributed by atoms with van der Waals surface area (Å²) in [7, 11) is 1.62. The first kappa shape index (κ1) is 13.8. The van der Waals surface area contributed by atoms with Crippen LogP contribution in [0.25, 0.3) is 0 Å². The van der Waals surface area contributed by atoms with Gasteiger partial charge in [-0.3, -0.25) is 0 Å². The van der Waals surface area contributed by atoms with Gasteiger partial charge < -0.3 is 19.5 Å². The zero-order valence-electron chi connectivity index (χ0n) is 11.1. The van der Waals surface area contributed by atoms with E-state index < -0.39 is 5.97 Å². The maximum absolute atomic E-state index is 11.4. The lowest BCUT2D eigenvalue weighted by molar-refractivity contribution is -0.0103. The number of aryl methyl sites for hydroxylation is 1. The number of pyridine rings is 1. The lowest BCUT2D eigenvalue weighted by atomic mass is 10.1. The van der Waals surface area contributed by atoms with Gasteiger partial charge in [-0.1, -0.05) is 0 Å². The van der Waals surface area contributed by atoms with Crippen LogP contribution in [-0.2, 0) is 9.47 Å². The molecule has 2 heterocycles. The predicted molar refractivity (Wildman–Crippen MR) is 69.8 cm³/mol. The molecule has 1 saturated heterocycles. The summed E-state index contributed by atoms with van der Waals surface area (Å²) in [5.41, 5.74) is 0.979. The second-order valence-electron chi connectivity index (χ2n) is 4.53. The van der Waals surface area contributed by atoms with Gasteiger partial charge in [-0.15, -0.1) is 0 Å². The third kappa shape index (κ3) is 3.02. The fourth-order valence-electron chi connectivity index (χ4n) is 2.25. The van der Waals surface area contributed by atoms with Gasteiger partial charge >= 0.3 is 5.97 Å². The number of carboxylic acid groups (broad SMARTS) is 1. The topological polar surface area (TPSA) is 71.9 Å². The van der Waals surface area contributed by atoms with Crippen molar-refractivity contribution in [2.75, 3.05) is 38.3 Å². The number of carbonyl (C=O) groups is 1. The third-order valence-electron chi connectivity index (χ3n) is 3.14. The van der Waals surface area contributed by atoms with Gasteiger partial charge in [-0.25, -0.2) is 9.78 Å². The van der Waals surface area contributed by atoms with Crippen LogP contribution in [0.15, 0.2) is 12.3 Å². The standard InChI is InChI=1S/C13H18N2O4/c1-9-3-4-14-12(11(9)13(16)17)15-5-6-19-10(7-15)8-18-2/h3-4,10H,5-8H2,1-2H3,(H,16,17)/t10-/m0/s1. The summed E-state index contributed by atoms with van der Waals surface area (Å²) < 4.78 is 10.6. The lowest BCUT2D eigenvalue weighted by Gasteiger charge is -2.34. The Labute approximate surface area is 112 Å². The van der Waals surface area contributed by atoms with Gasteiger partial charge in [-0.2, -0.15) is 0 Å². The van der Waals surface area contributed by atoms with Crippen molar-refractivity contribution in [3.05, 3.63) is 23.4 Å². The number of nitrogens with zero attached hydrogens (tertiary/aromatic N) is 2. The first-order valence-corrected chi connectivity index (χ1v) is 6.18. The molecule has 19 heavy (non-hydrogen) atoms. The monoisotopic (exact) mass is 266 g/mol. The molecule has 0 bridgehead atoms. The molecule has 6 nitrogen and oxygen atoms in total.